The summed E-state index contributed by atoms with van der Waals surface area (Å²) in [4.78, 5) is 25.3. The summed E-state index contributed by atoms with van der Waals surface area (Å²) in [6.45, 7) is 0. The molecule has 0 saturated heterocycles. The summed E-state index contributed by atoms with van der Waals surface area (Å²) in [5.74, 6) is -0.824. The molecule has 4 aromatic rings. The van der Waals surface area contributed by atoms with Gasteiger partial charge >= 0.3 is 5.69 Å². The second-order valence-electron chi connectivity index (χ2n) is 7.23. The molecule has 0 aliphatic heterocycles. The molecule has 160 valence electrons. The Morgan fingerprint density at radius 1 is 1.19 bits per heavy atom. The number of sulfone groups is 1. The van der Waals surface area contributed by atoms with Crippen molar-refractivity contribution >= 4 is 43.2 Å². The van der Waals surface area contributed by atoms with E-state index in [1.165, 1.54) is 22.9 Å². The summed E-state index contributed by atoms with van der Waals surface area (Å²) in [6.07, 6.45) is 0.649. The highest BCUT2D eigenvalue weighted by Crippen LogP contribution is 2.42. The van der Waals surface area contributed by atoms with Crippen LogP contribution in [-0.2, 0) is 9.84 Å². The van der Waals surface area contributed by atoms with Gasteiger partial charge in [0.1, 0.15) is 12.0 Å². The van der Waals surface area contributed by atoms with Gasteiger partial charge in [-0.15, -0.1) is 0 Å². The maximum absolute atomic E-state index is 14.7. The van der Waals surface area contributed by atoms with Crippen molar-refractivity contribution in [2.75, 3.05) is 0 Å². The van der Waals surface area contributed by atoms with Crippen molar-refractivity contribution in [3.63, 3.8) is 0 Å². The SMILES string of the molecule is O=c1[nH]c2c(S(=O)(=O)c3cc(F)c4ccn([C@@H]5C[C@H]5F)c4c3)ccc(Cl)c2c(=O)n1O. The number of rotatable bonds is 3. The van der Waals surface area contributed by atoms with Gasteiger partial charge in [-0.3, -0.25) is 4.79 Å². The number of hydrogen-bond donors (Lipinski definition) is 2. The van der Waals surface area contributed by atoms with Crippen LogP contribution in [0.1, 0.15) is 12.5 Å². The van der Waals surface area contributed by atoms with Crippen LogP contribution in [0.25, 0.3) is 21.8 Å². The molecule has 2 atom stereocenters. The lowest BCUT2D eigenvalue weighted by molar-refractivity contribution is 0.162. The number of aromatic nitrogens is 3. The Bertz CT molecular complexity index is 1640. The van der Waals surface area contributed by atoms with Gasteiger partial charge in [0.15, 0.2) is 0 Å². The average Bonchev–Trinajstić information content (AvgIpc) is 3.27. The molecular weight excluding hydrogens is 456 g/mol. The molecule has 0 spiro atoms. The molecule has 1 fully saturated rings. The predicted molar refractivity (Wildman–Crippen MR) is 107 cm³/mol. The Morgan fingerprint density at radius 3 is 2.58 bits per heavy atom. The van der Waals surface area contributed by atoms with Crippen LogP contribution < -0.4 is 11.2 Å². The van der Waals surface area contributed by atoms with Crippen LogP contribution in [0.15, 0.2) is 55.9 Å². The van der Waals surface area contributed by atoms with Crippen molar-refractivity contribution in [3.05, 3.63) is 68.2 Å². The first-order valence-electron chi connectivity index (χ1n) is 8.97. The number of fused-ring (bicyclic) bond motifs is 2. The molecule has 31 heavy (non-hydrogen) atoms. The van der Waals surface area contributed by atoms with E-state index in [4.69, 9.17) is 11.6 Å². The molecule has 2 heterocycles. The third kappa shape index (κ3) is 2.80. The summed E-state index contributed by atoms with van der Waals surface area (Å²) < 4.78 is 56.2. The zero-order chi connectivity index (χ0) is 22.2. The first kappa shape index (κ1) is 19.8. The lowest BCUT2D eigenvalue weighted by Crippen LogP contribution is -2.33. The topological polar surface area (TPSA) is 114 Å². The fraction of sp³-hybridized carbons (Fsp3) is 0.158. The van der Waals surface area contributed by atoms with Crippen LogP contribution in [0, 0.1) is 5.82 Å². The van der Waals surface area contributed by atoms with Crippen molar-refractivity contribution in [3.8, 4) is 0 Å². The van der Waals surface area contributed by atoms with Crippen LogP contribution in [0.3, 0.4) is 0 Å². The number of hydrogen-bond acceptors (Lipinski definition) is 5. The van der Waals surface area contributed by atoms with Crippen molar-refractivity contribution in [2.45, 2.75) is 28.4 Å². The third-order valence-electron chi connectivity index (χ3n) is 5.35. The van der Waals surface area contributed by atoms with Gasteiger partial charge in [0.2, 0.25) is 9.84 Å². The lowest BCUT2D eigenvalue weighted by Gasteiger charge is -2.11. The minimum Gasteiger partial charge on any atom is -0.421 e. The van der Waals surface area contributed by atoms with E-state index in [0.717, 1.165) is 18.2 Å². The highest BCUT2D eigenvalue weighted by Gasteiger charge is 2.40. The number of halogens is 3. The Hall–Kier alpha value is -3.18. The molecule has 1 aliphatic rings. The lowest BCUT2D eigenvalue weighted by atomic mass is 10.2. The quantitative estimate of drug-likeness (QED) is 0.450. The number of nitrogens with zero attached hydrogens (tertiary/aromatic N) is 2. The van der Waals surface area contributed by atoms with E-state index in [0.29, 0.717) is 0 Å². The second-order valence-corrected chi connectivity index (χ2v) is 9.55. The van der Waals surface area contributed by atoms with Crippen LogP contribution in [-0.4, -0.2) is 34.1 Å². The van der Waals surface area contributed by atoms with Gasteiger partial charge < -0.3 is 14.8 Å². The van der Waals surface area contributed by atoms with E-state index >= 15 is 0 Å². The second kappa shape index (κ2) is 6.41. The first-order valence-corrected chi connectivity index (χ1v) is 10.8. The minimum absolute atomic E-state index is 0.135. The molecule has 2 aromatic carbocycles. The van der Waals surface area contributed by atoms with Crippen molar-refractivity contribution in [2.24, 2.45) is 0 Å². The fourth-order valence-corrected chi connectivity index (χ4v) is 5.36. The number of nitrogens with one attached hydrogen (secondary N) is 1. The molecule has 2 aromatic heterocycles. The van der Waals surface area contributed by atoms with Gasteiger partial charge in [0.25, 0.3) is 5.56 Å². The molecule has 5 rings (SSSR count). The summed E-state index contributed by atoms with van der Waals surface area (Å²) in [7, 11) is -4.46. The number of alkyl halides is 1. The first-order chi connectivity index (χ1) is 14.6. The smallest absolute Gasteiger partial charge is 0.362 e. The Labute approximate surface area is 176 Å². The summed E-state index contributed by atoms with van der Waals surface area (Å²) >= 11 is 5.98. The molecule has 0 radical (unpaired) electrons. The highest BCUT2D eigenvalue weighted by atomic mass is 35.5. The molecule has 0 bridgehead atoms. The molecule has 8 nitrogen and oxygen atoms in total. The monoisotopic (exact) mass is 467 g/mol. The maximum Gasteiger partial charge on any atom is 0.362 e. The van der Waals surface area contributed by atoms with Gasteiger partial charge in [0.05, 0.1) is 37.3 Å². The molecule has 12 heteroatoms. The molecule has 1 saturated carbocycles. The minimum atomic E-state index is -4.46. The van der Waals surface area contributed by atoms with Gasteiger partial charge in [-0.1, -0.05) is 16.3 Å². The van der Waals surface area contributed by atoms with Gasteiger partial charge in [-0.25, -0.2) is 22.0 Å². The third-order valence-corrected chi connectivity index (χ3v) is 7.44. The van der Waals surface area contributed by atoms with Crippen LogP contribution in [0.5, 0.6) is 0 Å². The van der Waals surface area contributed by atoms with Crippen LogP contribution >= 0.6 is 11.6 Å². The van der Waals surface area contributed by atoms with Crippen molar-refractivity contribution in [1.82, 2.24) is 14.3 Å². The number of aromatic amines is 1. The summed E-state index contributed by atoms with van der Waals surface area (Å²) in [6, 6.07) is 5.15. The zero-order valence-corrected chi connectivity index (χ0v) is 16.9. The van der Waals surface area contributed by atoms with Crippen LogP contribution in [0.4, 0.5) is 8.78 Å². The summed E-state index contributed by atoms with van der Waals surface area (Å²) in [5.41, 5.74) is -2.70. The molecule has 0 unspecified atom stereocenters. The fourth-order valence-electron chi connectivity index (χ4n) is 3.68. The molecule has 0 amide bonds. The van der Waals surface area contributed by atoms with E-state index in [9.17, 15) is 32.0 Å². The van der Waals surface area contributed by atoms with Gasteiger partial charge in [0, 0.05) is 18.0 Å². The molecular formula is C19H12ClF2N3O5S. The normalized spacial score (nSPS) is 18.7. The standard InChI is InChI=1S/C19H12ClF2N3O5S/c20-10-1-2-15(17-16(10)18(26)25(28)19(27)23-17)31(29,30)8-5-11(21)9-3-4-24(13(9)6-8)14-7-12(14)22/h1-6,12,14,28H,7H2,(H,23,27)/t12-,14-/m1/s1. The van der Waals surface area contributed by atoms with E-state index < -0.39 is 59.8 Å². The molecule has 2 N–H and O–H groups in total. The van der Waals surface area contributed by atoms with Crippen LogP contribution in [0.2, 0.25) is 5.02 Å². The van der Waals surface area contributed by atoms with Crippen molar-refractivity contribution in [1.29, 1.82) is 0 Å². The largest absolute Gasteiger partial charge is 0.421 e. The van der Waals surface area contributed by atoms with E-state index in [2.05, 4.69) is 4.98 Å². The summed E-state index contributed by atoms with van der Waals surface area (Å²) in [5, 5.41) is 9.06. The molecule has 1 aliphatic carbocycles. The maximum atomic E-state index is 14.7. The number of benzene rings is 2. The Kier molecular flexibility index (Phi) is 4.09. The zero-order valence-electron chi connectivity index (χ0n) is 15.3. The highest BCUT2D eigenvalue weighted by molar-refractivity contribution is 7.91. The van der Waals surface area contributed by atoms with Crippen molar-refractivity contribution < 1.29 is 22.4 Å². The van der Waals surface area contributed by atoms with Gasteiger partial charge in [-0.05, 0) is 30.3 Å². The average molecular weight is 468 g/mol. The van der Waals surface area contributed by atoms with Gasteiger partial charge in [-0.2, -0.15) is 0 Å². The predicted octanol–water partition coefficient (Wildman–Crippen LogP) is 2.79. The van der Waals surface area contributed by atoms with E-state index in [1.807, 2.05) is 0 Å². The van der Waals surface area contributed by atoms with E-state index in [1.54, 1.807) is 0 Å². The Balaban J connectivity index is 1.80. The Morgan fingerprint density at radius 2 is 1.90 bits per heavy atom. The van der Waals surface area contributed by atoms with E-state index in [-0.39, 0.29) is 27.1 Å². The number of H-pyrrole nitrogens is 1.